The number of aromatic nitrogens is 2. The minimum atomic E-state index is 0.507. The molecule has 0 saturated carbocycles. The molecule has 0 bridgehead atoms. The van der Waals surface area contributed by atoms with Crippen molar-refractivity contribution in [2.45, 2.75) is 0 Å². The van der Waals surface area contributed by atoms with Gasteiger partial charge in [0.2, 0.25) is 0 Å². The van der Waals surface area contributed by atoms with Crippen molar-refractivity contribution in [2.75, 3.05) is 0 Å². The van der Waals surface area contributed by atoms with Crippen LogP contribution in [-0.2, 0) is 0 Å². The summed E-state index contributed by atoms with van der Waals surface area (Å²) >= 11 is 20.5. The second-order valence-corrected chi connectivity index (χ2v) is 8.17. The van der Waals surface area contributed by atoms with E-state index in [0.29, 0.717) is 10.0 Å². The van der Waals surface area contributed by atoms with Crippen molar-refractivity contribution >= 4 is 77.4 Å². The lowest BCUT2D eigenvalue weighted by molar-refractivity contribution is 1.34. The third-order valence-corrected chi connectivity index (χ3v) is 5.50. The maximum Gasteiger partial charge on any atom is 0.140 e. The monoisotopic (exact) mass is 424 g/mol. The fourth-order valence-electron chi connectivity index (χ4n) is 1.63. The van der Waals surface area contributed by atoms with Gasteiger partial charge < -0.3 is 4.98 Å². The van der Waals surface area contributed by atoms with Crippen LogP contribution in [0.5, 0.6) is 0 Å². The Labute approximate surface area is 134 Å². The Kier molecular flexibility index (Phi) is 3.45. The third-order valence-electron chi connectivity index (χ3n) is 2.44. The van der Waals surface area contributed by atoms with Gasteiger partial charge in [0.25, 0.3) is 0 Å². The first-order valence-corrected chi connectivity index (χ1v) is 8.00. The van der Waals surface area contributed by atoms with Gasteiger partial charge in [-0.05, 0) is 50.1 Å². The summed E-state index contributed by atoms with van der Waals surface area (Å²) in [6, 6.07) is 5.55. The average molecular weight is 427 g/mol. The van der Waals surface area contributed by atoms with E-state index in [0.717, 1.165) is 30.0 Å². The van der Waals surface area contributed by atoms with Crippen molar-refractivity contribution in [3.05, 3.63) is 35.8 Å². The van der Waals surface area contributed by atoms with E-state index in [-0.39, 0.29) is 0 Å². The molecule has 1 aromatic carbocycles. The Hall–Kier alpha value is -0.0700. The Bertz CT molecular complexity index is 712. The van der Waals surface area contributed by atoms with Gasteiger partial charge in [0.1, 0.15) is 5.82 Å². The van der Waals surface area contributed by atoms with Gasteiger partial charge in [-0.15, -0.1) is 11.3 Å². The van der Waals surface area contributed by atoms with E-state index in [1.807, 2.05) is 6.07 Å². The summed E-state index contributed by atoms with van der Waals surface area (Å²) < 4.78 is 2.06. The first-order chi connectivity index (χ1) is 8.54. The molecular weight excluding hydrogens is 423 g/mol. The van der Waals surface area contributed by atoms with Crippen LogP contribution in [0, 0.1) is 0 Å². The number of benzene rings is 1. The topological polar surface area (TPSA) is 28.7 Å². The smallest absolute Gasteiger partial charge is 0.140 e. The number of aromatic amines is 1. The van der Waals surface area contributed by atoms with Gasteiger partial charge in [-0.1, -0.05) is 23.2 Å². The number of thiophene rings is 1. The second-order valence-electron chi connectivity index (χ2n) is 3.61. The van der Waals surface area contributed by atoms with Crippen LogP contribution in [0.25, 0.3) is 22.4 Å². The van der Waals surface area contributed by atoms with Crippen LogP contribution in [0.2, 0.25) is 10.0 Å². The second kappa shape index (κ2) is 4.80. The largest absolute Gasteiger partial charge is 0.338 e. The minimum absolute atomic E-state index is 0.507. The van der Waals surface area contributed by atoms with E-state index in [9.17, 15) is 0 Å². The number of halogens is 4. The van der Waals surface area contributed by atoms with E-state index in [1.54, 1.807) is 23.5 Å². The lowest BCUT2D eigenvalue weighted by atomic mass is 10.3. The van der Waals surface area contributed by atoms with Crippen molar-refractivity contribution in [3.63, 3.8) is 0 Å². The van der Waals surface area contributed by atoms with Crippen LogP contribution in [-0.4, -0.2) is 9.97 Å². The molecule has 0 aliphatic carbocycles. The molecule has 0 spiro atoms. The lowest BCUT2D eigenvalue weighted by Gasteiger charge is -1.93. The van der Waals surface area contributed by atoms with Gasteiger partial charge in [-0.3, -0.25) is 0 Å². The summed E-state index contributed by atoms with van der Waals surface area (Å²) in [6.45, 7) is 0. The maximum absolute atomic E-state index is 5.98. The average Bonchev–Trinajstić information content (AvgIpc) is 2.82. The van der Waals surface area contributed by atoms with Gasteiger partial charge in [0, 0.05) is 5.56 Å². The molecule has 7 heteroatoms. The number of imidazole rings is 1. The van der Waals surface area contributed by atoms with Crippen molar-refractivity contribution in [2.24, 2.45) is 0 Å². The predicted molar refractivity (Wildman–Crippen MR) is 84.8 cm³/mol. The van der Waals surface area contributed by atoms with E-state index >= 15 is 0 Å². The molecule has 0 radical (unpaired) electrons. The highest BCUT2D eigenvalue weighted by Gasteiger charge is 2.13. The summed E-state index contributed by atoms with van der Waals surface area (Å²) in [7, 11) is 0. The van der Waals surface area contributed by atoms with Gasteiger partial charge in [0.05, 0.1) is 28.7 Å². The first-order valence-electron chi connectivity index (χ1n) is 4.84. The highest BCUT2D eigenvalue weighted by atomic mass is 79.9. The fourth-order valence-corrected chi connectivity index (χ4v) is 4.76. The number of H-pyrrole nitrogens is 1. The highest BCUT2D eigenvalue weighted by Crippen LogP contribution is 2.38. The van der Waals surface area contributed by atoms with E-state index in [2.05, 4.69) is 41.8 Å². The molecule has 0 aliphatic heterocycles. The minimum Gasteiger partial charge on any atom is -0.338 e. The normalized spacial score (nSPS) is 11.3. The van der Waals surface area contributed by atoms with Gasteiger partial charge in [-0.2, -0.15) is 0 Å². The standard InChI is InChI=1S/C11H4Br2Cl2N2S/c12-9-1-4(10(13)18-9)11-16-7-2-5(14)6(15)3-8(7)17-11/h1-3H,(H,16,17). The molecular formula is C11H4Br2Cl2N2S. The highest BCUT2D eigenvalue weighted by molar-refractivity contribution is 9.12. The maximum atomic E-state index is 5.98. The van der Waals surface area contributed by atoms with Crippen molar-refractivity contribution in [1.29, 1.82) is 0 Å². The summed E-state index contributed by atoms with van der Waals surface area (Å²) in [5.74, 6) is 0.789. The number of hydrogen-bond acceptors (Lipinski definition) is 2. The lowest BCUT2D eigenvalue weighted by Crippen LogP contribution is -1.76. The molecule has 3 aromatic rings. The SMILES string of the molecule is Clc1cc2nc(-c3cc(Br)sc3Br)[nH]c2cc1Cl. The molecule has 0 unspecified atom stereocenters. The third kappa shape index (κ3) is 2.23. The molecule has 0 amide bonds. The molecule has 2 nitrogen and oxygen atoms in total. The molecule has 1 N–H and O–H groups in total. The molecule has 2 aromatic heterocycles. The van der Waals surface area contributed by atoms with Crippen LogP contribution in [0.4, 0.5) is 0 Å². The number of nitrogens with one attached hydrogen (secondary N) is 1. The quantitative estimate of drug-likeness (QED) is 0.498. The van der Waals surface area contributed by atoms with Crippen molar-refractivity contribution in [1.82, 2.24) is 9.97 Å². The first kappa shape index (κ1) is 12.9. The van der Waals surface area contributed by atoms with Crippen molar-refractivity contribution < 1.29 is 0 Å². The zero-order valence-electron chi connectivity index (χ0n) is 8.60. The van der Waals surface area contributed by atoms with Gasteiger partial charge >= 0.3 is 0 Å². The molecule has 0 aliphatic rings. The molecule has 0 atom stereocenters. The van der Waals surface area contributed by atoms with E-state index < -0.39 is 0 Å². The van der Waals surface area contributed by atoms with Crippen LogP contribution >= 0.6 is 66.4 Å². The number of hydrogen-bond donors (Lipinski definition) is 1. The summed E-state index contributed by atoms with van der Waals surface area (Å²) in [6.07, 6.45) is 0. The fraction of sp³-hybridized carbons (Fsp3) is 0. The number of rotatable bonds is 1. The molecule has 18 heavy (non-hydrogen) atoms. The van der Waals surface area contributed by atoms with Gasteiger partial charge in [0.15, 0.2) is 0 Å². The Morgan fingerprint density at radius 3 is 2.50 bits per heavy atom. The molecule has 3 rings (SSSR count). The van der Waals surface area contributed by atoms with Crippen LogP contribution < -0.4 is 0 Å². The molecule has 92 valence electrons. The predicted octanol–water partition coefficient (Wildman–Crippen LogP) is 6.12. The Balaban J connectivity index is 2.22. The van der Waals surface area contributed by atoms with Crippen LogP contribution in [0.1, 0.15) is 0 Å². The summed E-state index contributed by atoms with van der Waals surface area (Å²) in [4.78, 5) is 7.75. The summed E-state index contributed by atoms with van der Waals surface area (Å²) in [5.41, 5.74) is 2.68. The molecule has 2 heterocycles. The van der Waals surface area contributed by atoms with Crippen LogP contribution in [0.15, 0.2) is 25.8 Å². The number of nitrogens with zero attached hydrogens (tertiary/aromatic N) is 1. The van der Waals surface area contributed by atoms with E-state index in [1.165, 1.54) is 0 Å². The molecule has 0 saturated heterocycles. The zero-order chi connectivity index (χ0) is 12.9. The van der Waals surface area contributed by atoms with E-state index in [4.69, 9.17) is 23.2 Å². The van der Waals surface area contributed by atoms with Crippen molar-refractivity contribution in [3.8, 4) is 11.4 Å². The summed E-state index contributed by atoms with van der Waals surface area (Å²) in [5, 5.41) is 1.03. The van der Waals surface area contributed by atoms with Crippen LogP contribution in [0.3, 0.4) is 0 Å². The molecule has 0 fully saturated rings. The zero-order valence-corrected chi connectivity index (χ0v) is 14.1. The Morgan fingerprint density at radius 1 is 1.11 bits per heavy atom. The Morgan fingerprint density at radius 2 is 1.83 bits per heavy atom. The van der Waals surface area contributed by atoms with Gasteiger partial charge in [-0.25, -0.2) is 4.98 Å². The number of fused-ring (bicyclic) bond motifs is 1.